The predicted octanol–water partition coefficient (Wildman–Crippen LogP) is 0.529. The second kappa shape index (κ2) is 7.64. The first-order chi connectivity index (χ1) is 15.2. The molecule has 0 atom stereocenters. The zero-order chi connectivity index (χ0) is 22.6. The molecule has 5 rings (SSSR count). The van der Waals surface area contributed by atoms with Crippen molar-refractivity contribution in [3.63, 3.8) is 0 Å². The van der Waals surface area contributed by atoms with Crippen LogP contribution in [0.3, 0.4) is 0 Å². The van der Waals surface area contributed by atoms with E-state index >= 15 is 0 Å². The molecule has 2 amide bonds. The molecule has 1 aromatic heterocycles. The standard InChI is InChI=1S/C24H29BN4O3/c1-14-20(12-17-16-11-15(25)3-4-18(16)27-22(17)30)26-19-5-8-29(23(31)21(14)19)13-24(32)6-9-28(2)10-7-24/h3-4,11-12,26,32H,5-10,13,25H2,1-2H3,(H,27,30)/b17-12-. The number of rotatable bonds is 3. The highest BCUT2D eigenvalue weighted by Gasteiger charge is 2.37. The molecule has 3 aliphatic rings. The van der Waals surface area contributed by atoms with E-state index in [9.17, 15) is 14.7 Å². The number of carbonyl (C=O) groups excluding carboxylic acids is 2. The second-order valence-electron chi connectivity index (χ2n) is 9.58. The van der Waals surface area contributed by atoms with Gasteiger partial charge in [-0.2, -0.15) is 0 Å². The summed E-state index contributed by atoms with van der Waals surface area (Å²) in [7, 11) is 4.06. The van der Waals surface area contributed by atoms with E-state index in [-0.39, 0.29) is 11.8 Å². The molecule has 4 heterocycles. The summed E-state index contributed by atoms with van der Waals surface area (Å²) in [5.41, 5.74) is 5.82. The van der Waals surface area contributed by atoms with Crippen LogP contribution in [0.2, 0.25) is 0 Å². The molecule has 3 N–H and O–H groups in total. The molecular formula is C24H29BN4O3. The Labute approximate surface area is 188 Å². The summed E-state index contributed by atoms with van der Waals surface area (Å²) in [5, 5.41) is 14.0. The molecule has 0 aliphatic carbocycles. The Morgan fingerprint density at radius 1 is 1.22 bits per heavy atom. The molecule has 0 spiro atoms. The lowest BCUT2D eigenvalue weighted by Crippen LogP contribution is -2.52. The minimum absolute atomic E-state index is 0.0379. The third-order valence-corrected chi connectivity index (χ3v) is 7.15. The van der Waals surface area contributed by atoms with Crippen LogP contribution in [0.25, 0.3) is 11.6 Å². The Bertz CT molecular complexity index is 1140. The Morgan fingerprint density at radius 3 is 2.72 bits per heavy atom. The van der Waals surface area contributed by atoms with Crippen molar-refractivity contribution in [3.8, 4) is 0 Å². The summed E-state index contributed by atoms with van der Waals surface area (Å²) in [6.45, 7) is 4.57. The Hall–Kier alpha value is -2.84. The summed E-state index contributed by atoms with van der Waals surface area (Å²) >= 11 is 0. The number of H-pyrrole nitrogens is 1. The van der Waals surface area contributed by atoms with E-state index in [2.05, 4.69) is 22.2 Å². The Morgan fingerprint density at radius 2 is 1.97 bits per heavy atom. The van der Waals surface area contributed by atoms with Crippen LogP contribution >= 0.6 is 0 Å². The van der Waals surface area contributed by atoms with Crippen molar-refractivity contribution in [2.24, 2.45) is 0 Å². The van der Waals surface area contributed by atoms with E-state index in [0.29, 0.717) is 43.5 Å². The fraction of sp³-hybridized carbons (Fsp3) is 0.417. The maximum Gasteiger partial charge on any atom is 0.256 e. The number of aromatic amines is 1. The zero-order valence-electron chi connectivity index (χ0n) is 18.9. The SMILES string of the molecule is Bc1ccc2c(c1)/C(=C/c1[nH]c3c(c1C)C(=O)N(CC1(O)CCN(C)CC1)CC3)C(=O)N2. The fourth-order valence-electron chi connectivity index (χ4n) is 5.10. The van der Waals surface area contributed by atoms with Gasteiger partial charge in [-0.1, -0.05) is 17.6 Å². The Kier molecular flexibility index (Phi) is 5.02. The van der Waals surface area contributed by atoms with Crippen LogP contribution < -0.4 is 10.8 Å². The molecule has 1 fully saturated rings. The molecule has 8 heteroatoms. The molecule has 0 bridgehead atoms. The highest BCUT2D eigenvalue weighted by molar-refractivity contribution is 6.37. The lowest BCUT2D eigenvalue weighted by atomic mass is 9.90. The monoisotopic (exact) mass is 432 g/mol. The van der Waals surface area contributed by atoms with Gasteiger partial charge < -0.3 is 25.2 Å². The van der Waals surface area contributed by atoms with Crippen LogP contribution in [0.4, 0.5) is 5.69 Å². The molecule has 3 aliphatic heterocycles. The zero-order valence-corrected chi connectivity index (χ0v) is 18.9. The number of nitrogens with one attached hydrogen (secondary N) is 2. The van der Waals surface area contributed by atoms with Gasteiger partial charge in [0.25, 0.3) is 11.8 Å². The number of benzene rings is 1. The van der Waals surface area contributed by atoms with Gasteiger partial charge in [0.05, 0.1) is 16.7 Å². The van der Waals surface area contributed by atoms with E-state index in [1.54, 1.807) is 4.90 Å². The summed E-state index contributed by atoms with van der Waals surface area (Å²) < 4.78 is 0. The van der Waals surface area contributed by atoms with Crippen LogP contribution in [-0.4, -0.2) is 78.4 Å². The van der Waals surface area contributed by atoms with Crippen molar-refractivity contribution >= 4 is 42.5 Å². The van der Waals surface area contributed by atoms with Crippen LogP contribution in [0.1, 0.15) is 45.7 Å². The predicted molar refractivity (Wildman–Crippen MR) is 128 cm³/mol. The molecule has 2 aromatic rings. The number of likely N-dealkylation sites (tertiary alicyclic amines) is 1. The van der Waals surface area contributed by atoms with Gasteiger partial charge in [0, 0.05) is 55.2 Å². The second-order valence-corrected chi connectivity index (χ2v) is 9.58. The molecule has 7 nitrogen and oxygen atoms in total. The first-order valence-corrected chi connectivity index (χ1v) is 11.3. The van der Waals surface area contributed by atoms with Gasteiger partial charge in [0.2, 0.25) is 0 Å². The van der Waals surface area contributed by atoms with Gasteiger partial charge in [-0.3, -0.25) is 9.59 Å². The summed E-state index contributed by atoms with van der Waals surface area (Å²) in [6, 6.07) is 5.91. The van der Waals surface area contributed by atoms with Gasteiger partial charge in [-0.25, -0.2) is 0 Å². The number of aliphatic hydroxyl groups is 1. The number of piperidine rings is 1. The maximum absolute atomic E-state index is 13.4. The molecule has 1 aromatic carbocycles. The van der Waals surface area contributed by atoms with E-state index in [4.69, 9.17) is 0 Å². The quantitative estimate of drug-likeness (QED) is 0.488. The average molecular weight is 432 g/mol. The van der Waals surface area contributed by atoms with E-state index in [1.807, 2.05) is 39.0 Å². The van der Waals surface area contributed by atoms with Crippen molar-refractivity contribution in [1.29, 1.82) is 0 Å². The summed E-state index contributed by atoms with van der Waals surface area (Å²) in [6.07, 6.45) is 3.93. The molecule has 1 saturated heterocycles. The number of amides is 2. The number of fused-ring (bicyclic) bond motifs is 2. The first kappa shape index (κ1) is 21.0. The number of anilines is 1. The molecule has 32 heavy (non-hydrogen) atoms. The number of β-amino-alcohol motifs (C(OH)–C–C–N with tert-alkyl or cyclic N) is 1. The molecule has 0 unspecified atom stereocenters. The van der Waals surface area contributed by atoms with Gasteiger partial charge in [-0.15, -0.1) is 0 Å². The van der Waals surface area contributed by atoms with Gasteiger partial charge in [-0.05, 0) is 44.5 Å². The van der Waals surface area contributed by atoms with Crippen LogP contribution in [0.15, 0.2) is 18.2 Å². The number of hydrogen-bond acceptors (Lipinski definition) is 4. The van der Waals surface area contributed by atoms with Crippen molar-refractivity contribution in [2.45, 2.75) is 31.8 Å². The van der Waals surface area contributed by atoms with Crippen LogP contribution in [0.5, 0.6) is 0 Å². The first-order valence-electron chi connectivity index (χ1n) is 11.3. The maximum atomic E-state index is 13.4. The van der Waals surface area contributed by atoms with Crippen molar-refractivity contribution in [2.75, 3.05) is 38.5 Å². The van der Waals surface area contributed by atoms with Crippen LogP contribution in [-0.2, 0) is 11.2 Å². The number of aromatic nitrogens is 1. The van der Waals surface area contributed by atoms with Crippen LogP contribution in [0, 0.1) is 6.92 Å². The average Bonchev–Trinajstić information content (AvgIpc) is 3.24. The number of hydrogen-bond donors (Lipinski definition) is 3. The minimum Gasteiger partial charge on any atom is -0.388 e. The smallest absolute Gasteiger partial charge is 0.256 e. The van der Waals surface area contributed by atoms with Crippen molar-refractivity contribution in [1.82, 2.24) is 14.8 Å². The third kappa shape index (κ3) is 3.57. The molecular weight excluding hydrogens is 403 g/mol. The van der Waals surface area contributed by atoms with E-state index in [1.165, 1.54) is 0 Å². The lowest BCUT2D eigenvalue weighted by molar-refractivity contribution is -0.110. The third-order valence-electron chi connectivity index (χ3n) is 7.15. The van der Waals surface area contributed by atoms with Gasteiger partial charge in [0.1, 0.15) is 7.85 Å². The van der Waals surface area contributed by atoms with Crippen molar-refractivity contribution in [3.05, 3.63) is 46.3 Å². The fourth-order valence-corrected chi connectivity index (χ4v) is 5.10. The summed E-state index contributed by atoms with van der Waals surface area (Å²) in [5.74, 6) is -0.167. The highest BCUT2D eigenvalue weighted by Crippen LogP contribution is 2.34. The molecule has 166 valence electrons. The van der Waals surface area contributed by atoms with Gasteiger partial charge in [0.15, 0.2) is 0 Å². The van der Waals surface area contributed by atoms with E-state index in [0.717, 1.165) is 46.8 Å². The Balaban J connectivity index is 1.43. The van der Waals surface area contributed by atoms with Gasteiger partial charge >= 0.3 is 0 Å². The normalized spacial score (nSPS) is 21.6. The number of nitrogens with zero attached hydrogens (tertiary/aromatic N) is 2. The highest BCUT2D eigenvalue weighted by atomic mass is 16.3. The van der Waals surface area contributed by atoms with E-state index < -0.39 is 5.60 Å². The molecule has 0 saturated carbocycles. The number of carbonyl (C=O) groups is 2. The molecule has 0 radical (unpaired) electrons. The lowest BCUT2D eigenvalue weighted by Gasteiger charge is -2.40. The largest absolute Gasteiger partial charge is 0.388 e. The topological polar surface area (TPSA) is 88.7 Å². The minimum atomic E-state index is -0.821. The summed E-state index contributed by atoms with van der Waals surface area (Å²) in [4.78, 5) is 33.4. The van der Waals surface area contributed by atoms with Crippen molar-refractivity contribution < 1.29 is 14.7 Å².